The van der Waals surface area contributed by atoms with Gasteiger partial charge in [0.25, 0.3) is 0 Å². The average Bonchev–Trinajstić information content (AvgIpc) is 2.24. The average molecular weight is 333 g/mol. The molecule has 0 aromatic heterocycles. The van der Waals surface area contributed by atoms with Crippen LogP contribution in [0.3, 0.4) is 0 Å². The van der Waals surface area contributed by atoms with Crippen molar-refractivity contribution in [2.75, 3.05) is 0 Å². The molecular formula is C23H40O. The lowest BCUT2D eigenvalue weighted by molar-refractivity contribution is 0.268. The van der Waals surface area contributed by atoms with Crippen LogP contribution in [0.1, 0.15) is 98.8 Å². The summed E-state index contributed by atoms with van der Waals surface area (Å²) in [5, 5.41) is 11.2. The highest BCUT2D eigenvalue weighted by molar-refractivity contribution is 5.50. The Morgan fingerprint density at radius 1 is 0.667 bits per heavy atom. The Morgan fingerprint density at radius 2 is 0.958 bits per heavy atom. The minimum Gasteiger partial charge on any atom is -0.507 e. The van der Waals surface area contributed by atoms with Crippen molar-refractivity contribution >= 4 is 0 Å². The van der Waals surface area contributed by atoms with E-state index in [0.717, 1.165) is 24.0 Å². The first-order chi connectivity index (χ1) is 10.4. The Hall–Kier alpha value is -0.980. The fourth-order valence-corrected chi connectivity index (χ4v) is 4.65. The van der Waals surface area contributed by atoms with Gasteiger partial charge >= 0.3 is 0 Å². The fourth-order valence-electron chi connectivity index (χ4n) is 4.65. The van der Waals surface area contributed by atoms with Crippen LogP contribution in [0, 0.1) is 17.8 Å². The summed E-state index contributed by atoms with van der Waals surface area (Å²) in [4.78, 5) is 0. The first-order valence-corrected chi connectivity index (χ1v) is 9.29. The Labute approximate surface area is 150 Å². The molecule has 0 fully saturated rings. The van der Waals surface area contributed by atoms with Gasteiger partial charge in [0, 0.05) is 11.1 Å². The zero-order valence-electron chi connectivity index (χ0n) is 18.0. The van der Waals surface area contributed by atoms with Gasteiger partial charge in [-0.15, -0.1) is 0 Å². The van der Waals surface area contributed by atoms with Gasteiger partial charge in [0.15, 0.2) is 0 Å². The topological polar surface area (TPSA) is 20.2 Å². The van der Waals surface area contributed by atoms with Gasteiger partial charge in [0.05, 0.1) is 0 Å². The molecule has 24 heavy (non-hydrogen) atoms. The van der Waals surface area contributed by atoms with E-state index in [1.807, 2.05) is 0 Å². The van der Waals surface area contributed by atoms with Crippen LogP contribution in [0.15, 0.2) is 12.1 Å². The Kier molecular flexibility index (Phi) is 5.61. The molecule has 0 bridgehead atoms. The second kappa shape index (κ2) is 6.39. The van der Waals surface area contributed by atoms with Crippen LogP contribution in [0.2, 0.25) is 0 Å². The maximum absolute atomic E-state index is 11.2. The lowest BCUT2D eigenvalue weighted by Crippen LogP contribution is -2.28. The monoisotopic (exact) mass is 332 g/mol. The molecule has 1 nitrogen and oxygen atoms in total. The lowest BCUT2D eigenvalue weighted by Gasteiger charge is -2.37. The second-order valence-corrected chi connectivity index (χ2v) is 11.5. The molecule has 0 heterocycles. The minimum atomic E-state index is -0.0546. The molecule has 1 rings (SSSR count). The molecule has 0 amide bonds. The second-order valence-electron chi connectivity index (χ2n) is 11.5. The van der Waals surface area contributed by atoms with Crippen LogP contribution in [0.4, 0.5) is 0 Å². The molecular weight excluding hydrogens is 292 g/mol. The van der Waals surface area contributed by atoms with Crippen molar-refractivity contribution in [3.8, 4) is 5.75 Å². The van der Waals surface area contributed by atoms with Crippen molar-refractivity contribution in [1.29, 1.82) is 0 Å². The standard InChI is InChI=1S/C23H40O/c1-16-12-17(22(8,9)14-20(2,3)4)19(24)18(13-16)23(10,11)15-21(5,6)7/h12-13,24H,14-15H2,1-11H3. The largest absolute Gasteiger partial charge is 0.507 e. The zero-order valence-corrected chi connectivity index (χ0v) is 18.0. The number of benzene rings is 1. The molecule has 0 saturated heterocycles. The number of phenols is 1. The molecule has 0 aliphatic heterocycles. The molecule has 0 spiro atoms. The Balaban J connectivity index is 3.46. The highest BCUT2D eigenvalue weighted by Gasteiger charge is 2.35. The van der Waals surface area contributed by atoms with Gasteiger partial charge in [-0.2, -0.15) is 0 Å². The van der Waals surface area contributed by atoms with Crippen LogP contribution in [0.5, 0.6) is 5.75 Å². The zero-order chi connectivity index (χ0) is 19.1. The first-order valence-electron chi connectivity index (χ1n) is 9.29. The predicted octanol–water partition coefficient (Wildman–Crippen LogP) is 7.13. The van der Waals surface area contributed by atoms with E-state index in [9.17, 15) is 5.11 Å². The molecule has 1 aromatic carbocycles. The summed E-state index contributed by atoms with van der Waals surface area (Å²) in [5.74, 6) is 0.504. The molecule has 0 aliphatic rings. The molecule has 0 unspecified atom stereocenters. The van der Waals surface area contributed by atoms with E-state index in [1.165, 1.54) is 5.56 Å². The smallest absolute Gasteiger partial charge is 0.123 e. The molecule has 0 aliphatic carbocycles. The molecule has 1 aromatic rings. The fraction of sp³-hybridized carbons (Fsp3) is 0.739. The molecule has 138 valence electrons. The molecule has 0 saturated carbocycles. The summed E-state index contributed by atoms with van der Waals surface area (Å²) in [7, 11) is 0. The van der Waals surface area contributed by atoms with Gasteiger partial charge in [-0.05, 0) is 41.4 Å². The van der Waals surface area contributed by atoms with E-state index in [-0.39, 0.29) is 21.7 Å². The maximum Gasteiger partial charge on any atom is 0.123 e. The highest BCUT2D eigenvalue weighted by Crippen LogP contribution is 2.46. The van der Waals surface area contributed by atoms with Gasteiger partial charge in [-0.3, -0.25) is 0 Å². The third kappa shape index (κ3) is 5.53. The lowest BCUT2D eigenvalue weighted by atomic mass is 9.68. The Morgan fingerprint density at radius 3 is 1.21 bits per heavy atom. The highest BCUT2D eigenvalue weighted by atomic mass is 16.3. The van der Waals surface area contributed by atoms with Gasteiger partial charge in [-0.1, -0.05) is 86.9 Å². The van der Waals surface area contributed by atoms with Crippen molar-refractivity contribution in [2.45, 2.75) is 99.8 Å². The van der Waals surface area contributed by atoms with Crippen molar-refractivity contribution in [3.63, 3.8) is 0 Å². The van der Waals surface area contributed by atoms with Gasteiger partial charge in [-0.25, -0.2) is 0 Å². The number of hydrogen-bond acceptors (Lipinski definition) is 1. The van der Waals surface area contributed by atoms with Crippen LogP contribution < -0.4 is 0 Å². The van der Waals surface area contributed by atoms with Gasteiger partial charge in [0.1, 0.15) is 5.75 Å². The van der Waals surface area contributed by atoms with Crippen molar-refractivity contribution in [3.05, 3.63) is 28.8 Å². The molecule has 0 radical (unpaired) electrons. The van der Waals surface area contributed by atoms with Gasteiger partial charge in [0.2, 0.25) is 0 Å². The van der Waals surface area contributed by atoms with Crippen molar-refractivity contribution in [2.24, 2.45) is 10.8 Å². The third-order valence-electron chi connectivity index (χ3n) is 4.66. The number of rotatable bonds is 4. The summed E-state index contributed by atoms with van der Waals surface area (Å²) in [6.45, 7) is 24.8. The first kappa shape index (κ1) is 21.1. The van der Waals surface area contributed by atoms with E-state index in [0.29, 0.717) is 5.75 Å². The van der Waals surface area contributed by atoms with E-state index < -0.39 is 0 Å². The SMILES string of the molecule is Cc1cc(C(C)(C)CC(C)(C)C)c(O)c(C(C)(C)CC(C)(C)C)c1. The van der Waals surface area contributed by atoms with E-state index in [4.69, 9.17) is 0 Å². The summed E-state index contributed by atoms with van der Waals surface area (Å²) >= 11 is 0. The van der Waals surface area contributed by atoms with Crippen LogP contribution in [-0.4, -0.2) is 5.11 Å². The van der Waals surface area contributed by atoms with Crippen molar-refractivity contribution in [1.82, 2.24) is 0 Å². The third-order valence-corrected chi connectivity index (χ3v) is 4.66. The van der Waals surface area contributed by atoms with Crippen LogP contribution in [-0.2, 0) is 10.8 Å². The number of aromatic hydroxyl groups is 1. The molecule has 0 atom stereocenters. The summed E-state index contributed by atoms with van der Waals surface area (Å²) < 4.78 is 0. The van der Waals surface area contributed by atoms with Crippen LogP contribution in [0.25, 0.3) is 0 Å². The summed E-state index contributed by atoms with van der Waals surface area (Å²) in [6, 6.07) is 4.36. The maximum atomic E-state index is 11.2. The van der Waals surface area contributed by atoms with Crippen LogP contribution >= 0.6 is 0 Å². The van der Waals surface area contributed by atoms with Crippen molar-refractivity contribution < 1.29 is 5.11 Å². The quantitative estimate of drug-likeness (QED) is 0.622. The Bertz CT molecular complexity index is 528. The van der Waals surface area contributed by atoms with E-state index in [2.05, 4.69) is 88.3 Å². The van der Waals surface area contributed by atoms with Gasteiger partial charge < -0.3 is 5.11 Å². The number of aryl methyl sites for hydroxylation is 1. The minimum absolute atomic E-state index is 0.0546. The summed E-state index contributed by atoms with van der Waals surface area (Å²) in [6.07, 6.45) is 2.08. The normalized spacial score (nSPS) is 14.1. The molecule has 1 heteroatoms. The predicted molar refractivity (Wildman–Crippen MR) is 107 cm³/mol. The molecule has 1 N–H and O–H groups in total. The summed E-state index contributed by atoms with van der Waals surface area (Å²) in [5.41, 5.74) is 3.76. The van der Waals surface area contributed by atoms with E-state index >= 15 is 0 Å². The number of phenolic OH excluding ortho intramolecular Hbond substituents is 1. The number of hydrogen-bond donors (Lipinski definition) is 1. The van der Waals surface area contributed by atoms with E-state index in [1.54, 1.807) is 0 Å².